The fraction of sp³-hybridized carbons (Fsp3) is 0.400. The van der Waals surface area contributed by atoms with E-state index in [2.05, 4.69) is 17.2 Å². The van der Waals surface area contributed by atoms with Gasteiger partial charge in [0.2, 0.25) is 0 Å². The van der Waals surface area contributed by atoms with Crippen LogP contribution in [0.1, 0.15) is 36.5 Å². The van der Waals surface area contributed by atoms with Crippen LogP contribution in [0.3, 0.4) is 0 Å². The molecule has 0 amide bonds. The number of nitrogens with zero attached hydrogens (tertiary/aromatic N) is 1. The van der Waals surface area contributed by atoms with Gasteiger partial charge in [0.1, 0.15) is 6.10 Å². The summed E-state index contributed by atoms with van der Waals surface area (Å²) in [5.74, 6) is 0.775. The maximum atomic E-state index is 5.57. The second-order valence-electron chi connectivity index (χ2n) is 4.37. The van der Waals surface area contributed by atoms with Crippen molar-refractivity contribution in [2.45, 2.75) is 26.0 Å². The molecule has 1 atom stereocenters. The lowest BCUT2D eigenvalue weighted by Gasteiger charge is -2.14. The molecule has 1 unspecified atom stereocenters. The number of benzene rings is 1. The van der Waals surface area contributed by atoms with Crippen LogP contribution in [0.25, 0.3) is 0 Å². The number of nitrogens with one attached hydrogen (secondary N) is 1. The van der Waals surface area contributed by atoms with E-state index < -0.39 is 0 Å². The molecule has 4 heteroatoms. The number of aromatic nitrogens is 1. The van der Waals surface area contributed by atoms with Crippen molar-refractivity contribution in [3.8, 4) is 0 Å². The number of rotatable bonds is 7. The molecule has 19 heavy (non-hydrogen) atoms. The third kappa shape index (κ3) is 3.43. The Morgan fingerprint density at radius 3 is 2.79 bits per heavy atom. The summed E-state index contributed by atoms with van der Waals surface area (Å²) < 4.78 is 11.1. The Morgan fingerprint density at radius 1 is 1.32 bits per heavy atom. The average molecular weight is 260 g/mol. The highest BCUT2D eigenvalue weighted by molar-refractivity contribution is 5.26. The predicted molar refractivity (Wildman–Crippen MR) is 73.8 cm³/mol. The van der Waals surface area contributed by atoms with Gasteiger partial charge in [-0.25, -0.2) is 4.98 Å². The highest BCUT2D eigenvalue weighted by Crippen LogP contribution is 2.27. The van der Waals surface area contributed by atoms with Gasteiger partial charge in [-0.15, -0.1) is 0 Å². The minimum absolute atomic E-state index is 0.206. The molecule has 0 aliphatic rings. The lowest BCUT2D eigenvalue weighted by atomic mass is 10.1. The van der Waals surface area contributed by atoms with Crippen LogP contribution in [0.15, 0.2) is 41.1 Å². The number of oxazole rings is 1. The van der Waals surface area contributed by atoms with E-state index in [1.165, 1.54) is 6.39 Å². The Bertz CT molecular complexity index is 482. The van der Waals surface area contributed by atoms with E-state index >= 15 is 0 Å². The van der Waals surface area contributed by atoms with Crippen LogP contribution in [0.4, 0.5) is 0 Å². The summed E-state index contributed by atoms with van der Waals surface area (Å²) in [5, 5.41) is 3.33. The fourth-order valence-electron chi connectivity index (χ4n) is 2.03. The highest BCUT2D eigenvalue weighted by atomic mass is 16.5. The van der Waals surface area contributed by atoms with Gasteiger partial charge in [-0.2, -0.15) is 0 Å². The first-order valence-corrected chi connectivity index (χ1v) is 6.57. The number of ether oxygens (including phenoxy) is 1. The van der Waals surface area contributed by atoms with Crippen molar-refractivity contribution < 1.29 is 9.15 Å². The van der Waals surface area contributed by atoms with Gasteiger partial charge in [-0.3, -0.25) is 0 Å². The third-order valence-electron chi connectivity index (χ3n) is 2.97. The molecule has 4 nitrogen and oxygen atoms in total. The summed E-state index contributed by atoms with van der Waals surface area (Å²) in [6.07, 6.45) is 2.37. The van der Waals surface area contributed by atoms with Gasteiger partial charge in [0.05, 0.1) is 5.69 Å². The van der Waals surface area contributed by atoms with Gasteiger partial charge >= 0.3 is 0 Å². The molecule has 0 saturated heterocycles. The fourth-order valence-corrected chi connectivity index (χ4v) is 2.03. The van der Waals surface area contributed by atoms with Crippen LogP contribution in [0.2, 0.25) is 0 Å². The summed E-state index contributed by atoms with van der Waals surface area (Å²) in [7, 11) is 1.68. The maximum absolute atomic E-state index is 5.57. The molecule has 102 valence electrons. The van der Waals surface area contributed by atoms with E-state index in [4.69, 9.17) is 9.15 Å². The molecule has 0 aliphatic heterocycles. The van der Waals surface area contributed by atoms with E-state index in [1.54, 1.807) is 7.11 Å². The number of methoxy groups -OCH3 is 1. The van der Waals surface area contributed by atoms with Gasteiger partial charge in [0.25, 0.3) is 0 Å². The lowest BCUT2D eigenvalue weighted by molar-refractivity contribution is 0.115. The minimum atomic E-state index is -0.206. The van der Waals surface area contributed by atoms with E-state index in [0.29, 0.717) is 6.54 Å². The van der Waals surface area contributed by atoms with Gasteiger partial charge in [0, 0.05) is 13.7 Å². The molecule has 0 aliphatic carbocycles. The van der Waals surface area contributed by atoms with Crippen LogP contribution < -0.4 is 5.32 Å². The predicted octanol–water partition coefficient (Wildman–Crippen LogP) is 2.91. The molecule has 2 aromatic rings. The second kappa shape index (κ2) is 7.07. The van der Waals surface area contributed by atoms with Crippen LogP contribution in [0.5, 0.6) is 0 Å². The quantitative estimate of drug-likeness (QED) is 0.778. The summed E-state index contributed by atoms with van der Waals surface area (Å²) >= 11 is 0. The van der Waals surface area contributed by atoms with Crippen LogP contribution in [-0.4, -0.2) is 18.6 Å². The first-order chi connectivity index (χ1) is 9.36. The van der Waals surface area contributed by atoms with Gasteiger partial charge in [0.15, 0.2) is 12.2 Å². The maximum Gasteiger partial charge on any atom is 0.181 e. The van der Waals surface area contributed by atoms with E-state index in [1.807, 2.05) is 30.3 Å². The molecule has 0 saturated carbocycles. The summed E-state index contributed by atoms with van der Waals surface area (Å²) in [4.78, 5) is 4.27. The third-order valence-corrected chi connectivity index (χ3v) is 2.97. The molecule has 2 rings (SSSR count). The Morgan fingerprint density at radius 2 is 2.11 bits per heavy atom. The molecular weight excluding hydrogens is 240 g/mol. The Hall–Kier alpha value is -1.65. The van der Waals surface area contributed by atoms with Crippen molar-refractivity contribution in [2.24, 2.45) is 0 Å². The van der Waals surface area contributed by atoms with Crippen molar-refractivity contribution in [3.63, 3.8) is 0 Å². The smallest absolute Gasteiger partial charge is 0.181 e. The van der Waals surface area contributed by atoms with Crippen molar-refractivity contribution >= 4 is 0 Å². The minimum Gasteiger partial charge on any atom is -0.445 e. The van der Waals surface area contributed by atoms with E-state index in [9.17, 15) is 0 Å². The summed E-state index contributed by atoms with van der Waals surface area (Å²) in [6, 6.07) is 10.0. The topological polar surface area (TPSA) is 47.3 Å². The van der Waals surface area contributed by atoms with E-state index in [-0.39, 0.29) is 6.10 Å². The molecule has 0 fully saturated rings. The van der Waals surface area contributed by atoms with Crippen molar-refractivity contribution in [1.82, 2.24) is 10.3 Å². The average Bonchev–Trinajstić information content (AvgIpc) is 2.90. The van der Waals surface area contributed by atoms with Crippen molar-refractivity contribution in [3.05, 3.63) is 53.7 Å². The highest BCUT2D eigenvalue weighted by Gasteiger charge is 2.21. The van der Waals surface area contributed by atoms with Crippen LogP contribution in [-0.2, 0) is 11.3 Å². The van der Waals surface area contributed by atoms with Crippen LogP contribution in [0, 0.1) is 0 Å². The molecule has 1 N–H and O–H groups in total. The number of hydrogen-bond acceptors (Lipinski definition) is 4. The van der Waals surface area contributed by atoms with Crippen molar-refractivity contribution in [2.75, 3.05) is 13.7 Å². The zero-order chi connectivity index (χ0) is 13.5. The molecule has 1 aromatic heterocycles. The first-order valence-electron chi connectivity index (χ1n) is 6.57. The van der Waals surface area contributed by atoms with Gasteiger partial charge in [-0.05, 0) is 18.5 Å². The molecule has 0 radical (unpaired) electrons. The number of hydrogen-bond donors (Lipinski definition) is 1. The Balaban J connectivity index is 2.17. The molecule has 0 spiro atoms. The SMILES string of the molecule is CCCNCc1ncoc1C(OC)c1ccccc1. The molecule has 1 aromatic carbocycles. The standard InChI is InChI=1S/C15H20N2O2/c1-3-9-16-10-13-15(19-11-17-13)14(18-2)12-7-5-4-6-8-12/h4-8,11,14,16H,3,9-10H2,1-2H3. The van der Waals surface area contributed by atoms with Gasteiger partial charge < -0.3 is 14.5 Å². The van der Waals surface area contributed by atoms with Crippen molar-refractivity contribution in [1.29, 1.82) is 0 Å². The first kappa shape index (κ1) is 13.8. The lowest BCUT2D eigenvalue weighted by Crippen LogP contribution is -2.16. The largest absolute Gasteiger partial charge is 0.445 e. The molecule has 0 bridgehead atoms. The summed E-state index contributed by atoms with van der Waals surface area (Å²) in [5.41, 5.74) is 1.97. The van der Waals surface area contributed by atoms with E-state index in [0.717, 1.165) is 30.0 Å². The normalized spacial score (nSPS) is 12.5. The van der Waals surface area contributed by atoms with Crippen LogP contribution >= 0.6 is 0 Å². The Labute approximate surface area is 113 Å². The summed E-state index contributed by atoms with van der Waals surface area (Å²) in [6.45, 7) is 3.81. The zero-order valence-corrected chi connectivity index (χ0v) is 11.4. The second-order valence-corrected chi connectivity index (χ2v) is 4.37. The molecular formula is C15H20N2O2. The monoisotopic (exact) mass is 260 g/mol. The Kier molecular flexibility index (Phi) is 5.12. The molecule has 1 heterocycles. The zero-order valence-electron chi connectivity index (χ0n) is 11.4. The van der Waals surface area contributed by atoms with Gasteiger partial charge in [-0.1, -0.05) is 37.3 Å².